The van der Waals surface area contributed by atoms with Crippen molar-refractivity contribution in [2.75, 3.05) is 19.8 Å². The molecule has 90 valence electrons. The highest BCUT2D eigenvalue weighted by Gasteiger charge is 2.22. The Morgan fingerprint density at radius 3 is 2.31 bits per heavy atom. The summed E-state index contributed by atoms with van der Waals surface area (Å²) in [5, 5.41) is 1.34. The molecule has 0 radical (unpaired) electrons. The second-order valence-corrected chi connectivity index (χ2v) is 6.66. The molecule has 0 aliphatic carbocycles. The number of hydrogen-bond donors (Lipinski definition) is 2. The normalized spacial score (nSPS) is 12.1. The first kappa shape index (κ1) is 13.9. The molecule has 0 spiro atoms. The average Bonchev–Trinajstić information content (AvgIpc) is 1.96. The predicted molar refractivity (Wildman–Crippen MR) is 70.3 cm³/mol. The van der Waals surface area contributed by atoms with E-state index in [9.17, 15) is 8.42 Å². The number of benzene rings is 1. The zero-order valence-corrected chi connectivity index (χ0v) is 12.6. The number of sulfonamides is 1. The van der Waals surface area contributed by atoms with Crippen LogP contribution in [0, 0.1) is 0 Å². The van der Waals surface area contributed by atoms with Gasteiger partial charge in [0.2, 0.25) is 0 Å². The summed E-state index contributed by atoms with van der Waals surface area (Å²) in [6.45, 7) is 0. The summed E-state index contributed by atoms with van der Waals surface area (Å²) in [7, 11) is -0.487. The first-order valence-corrected chi connectivity index (χ1v) is 7.25. The van der Waals surface area contributed by atoms with Crippen LogP contribution in [0.4, 0.5) is 5.69 Å². The van der Waals surface area contributed by atoms with Crippen LogP contribution in [0.5, 0.6) is 0 Å². The van der Waals surface area contributed by atoms with Gasteiger partial charge in [-0.2, -0.15) is 0 Å². The van der Waals surface area contributed by atoms with Gasteiger partial charge in [-0.1, -0.05) is 15.9 Å². The molecule has 16 heavy (non-hydrogen) atoms. The molecule has 0 aromatic heterocycles. The Kier molecular flexibility index (Phi) is 4.35. The van der Waals surface area contributed by atoms with E-state index in [-0.39, 0.29) is 10.6 Å². The summed E-state index contributed by atoms with van der Waals surface area (Å²) in [5.41, 5.74) is 5.86. The second kappa shape index (κ2) is 5.01. The van der Waals surface area contributed by atoms with E-state index in [1.807, 2.05) is 0 Å². The Hall–Kier alpha value is -0.150. The molecule has 0 amide bonds. The zero-order chi connectivity index (χ0) is 12.5. The highest BCUT2D eigenvalue weighted by molar-refractivity contribution is 9.11. The number of rotatable bonds is 3. The molecule has 0 saturated carbocycles. The van der Waals surface area contributed by atoms with Gasteiger partial charge in [-0.15, -0.1) is 4.83 Å². The molecule has 1 aromatic carbocycles. The summed E-state index contributed by atoms with van der Waals surface area (Å²) in [6, 6.07) is 3.16. The van der Waals surface area contributed by atoms with Crippen molar-refractivity contribution in [1.82, 2.24) is 9.84 Å². The number of nitrogens with one attached hydrogen (secondary N) is 1. The van der Waals surface area contributed by atoms with Crippen LogP contribution in [0.15, 0.2) is 26.0 Å². The molecule has 1 aromatic rings. The van der Waals surface area contributed by atoms with Gasteiger partial charge in [0.05, 0.1) is 5.69 Å². The first-order valence-electron chi connectivity index (χ1n) is 4.18. The van der Waals surface area contributed by atoms with E-state index in [2.05, 4.69) is 36.7 Å². The molecule has 0 aliphatic rings. The van der Waals surface area contributed by atoms with E-state index >= 15 is 0 Å². The molecule has 0 atom stereocenters. The molecular weight excluding hydrogens is 362 g/mol. The highest BCUT2D eigenvalue weighted by Crippen LogP contribution is 2.31. The standard InChI is InChI=1S/C8H11Br2N3O2S/c1-13(2)12-16(14,15)8-6(10)3-5(9)4-7(8)11/h3-4,12H,11H2,1-2H3. The molecule has 0 bridgehead atoms. The van der Waals surface area contributed by atoms with E-state index < -0.39 is 10.0 Å². The third-order valence-electron chi connectivity index (χ3n) is 1.61. The molecule has 0 heterocycles. The number of nitrogen functional groups attached to an aromatic ring is 1. The van der Waals surface area contributed by atoms with Crippen molar-refractivity contribution in [3.8, 4) is 0 Å². The van der Waals surface area contributed by atoms with Crippen molar-refractivity contribution in [2.24, 2.45) is 0 Å². The number of anilines is 1. The van der Waals surface area contributed by atoms with Crippen LogP contribution in [-0.2, 0) is 10.0 Å². The Labute approximate surface area is 111 Å². The van der Waals surface area contributed by atoms with Gasteiger partial charge in [0, 0.05) is 23.0 Å². The fourth-order valence-corrected chi connectivity index (χ4v) is 4.30. The molecule has 1 rings (SSSR count). The fourth-order valence-electron chi connectivity index (χ4n) is 1.15. The molecule has 0 saturated heterocycles. The van der Waals surface area contributed by atoms with Gasteiger partial charge in [0.25, 0.3) is 10.0 Å². The molecule has 5 nitrogen and oxygen atoms in total. The van der Waals surface area contributed by atoms with Crippen molar-refractivity contribution >= 4 is 47.6 Å². The fraction of sp³-hybridized carbons (Fsp3) is 0.250. The van der Waals surface area contributed by atoms with Crippen molar-refractivity contribution in [1.29, 1.82) is 0 Å². The largest absolute Gasteiger partial charge is 0.398 e. The van der Waals surface area contributed by atoms with E-state index in [1.54, 1.807) is 20.2 Å². The van der Waals surface area contributed by atoms with Gasteiger partial charge in [-0.05, 0) is 28.1 Å². The molecule has 0 unspecified atom stereocenters. The van der Waals surface area contributed by atoms with E-state index in [0.717, 1.165) is 0 Å². The minimum atomic E-state index is -3.65. The lowest BCUT2D eigenvalue weighted by molar-refractivity contribution is 0.364. The maximum atomic E-state index is 11.9. The summed E-state index contributed by atoms with van der Waals surface area (Å²) < 4.78 is 25.0. The smallest absolute Gasteiger partial charge is 0.256 e. The van der Waals surface area contributed by atoms with Crippen LogP contribution < -0.4 is 10.6 Å². The molecule has 0 aliphatic heterocycles. The van der Waals surface area contributed by atoms with Crippen LogP contribution in [0.2, 0.25) is 0 Å². The lowest BCUT2D eigenvalue weighted by Gasteiger charge is -2.15. The summed E-state index contributed by atoms with van der Waals surface area (Å²) in [5.74, 6) is 0. The Morgan fingerprint density at radius 1 is 1.31 bits per heavy atom. The third kappa shape index (κ3) is 3.17. The zero-order valence-electron chi connectivity index (χ0n) is 8.66. The van der Waals surface area contributed by atoms with Crippen molar-refractivity contribution in [3.63, 3.8) is 0 Å². The monoisotopic (exact) mass is 371 g/mol. The van der Waals surface area contributed by atoms with Crippen LogP contribution in [-0.4, -0.2) is 27.5 Å². The maximum absolute atomic E-state index is 11.9. The predicted octanol–water partition coefficient (Wildman–Crippen LogP) is 1.55. The van der Waals surface area contributed by atoms with E-state index in [4.69, 9.17) is 5.73 Å². The average molecular weight is 373 g/mol. The van der Waals surface area contributed by atoms with E-state index in [0.29, 0.717) is 8.95 Å². The van der Waals surface area contributed by atoms with Gasteiger partial charge in [-0.25, -0.2) is 13.4 Å². The van der Waals surface area contributed by atoms with Gasteiger partial charge in [-0.3, -0.25) is 0 Å². The van der Waals surface area contributed by atoms with Crippen molar-refractivity contribution in [3.05, 3.63) is 21.1 Å². The lowest BCUT2D eigenvalue weighted by Crippen LogP contribution is -2.36. The van der Waals surface area contributed by atoms with Gasteiger partial charge in [0.15, 0.2) is 0 Å². The summed E-state index contributed by atoms with van der Waals surface area (Å²) in [6.07, 6.45) is 0. The number of hydrogen-bond acceptors (Lipinski definition) is 4. The Bertz CT molecular complexity index is 479. The molecule has 8 heteroatoms. The molecule has 3 N–H and O–H groups in total. The summed E-state index contributed by atoms with van der Waals surface area (Å²) in [4.78, 5) is 2.35. The van der Waals surface area contributed by atoms with Crippen LogP contribution in [0.25, 0.3) is 0 Å². The highest BCUT2D eigenvalue weighted by atomic mass is 79.9. The van der Waals surface area contributed by atoms with Gasteiger partial charge in [0.1, 0.15) is 4.90 Å². The third-order valence-corrected chi connectivity index (χ3v) is 4.55. The first-order chi connectivity index (χ1) is 7.24. The second-order valence-electron chi connectivity index (χ2n) is 3.30. The number of hydrazine groups is 1. The lowest BCUT2D eigenvalue weighted by atomic mass is 10.3. The van der Waals surface area contributed by atoms with E-state index in [1.165, 1.54) is 11.1 Å². The maximum Gasteiger partial charge on any atom is 0.256 e. The Balaban J connectivity index is 3.34. The molecule has 0 fully saturated rings. The van der Waals surface area contributed by atoms with Gasteiger partial charge < -0.3 is 5.73 Å². The topological polar surface area (TPSA) is 75.4 Å². The van der Waals surface area contributed by atoms with Gasteiger partial charge >= 0.3 is 0 Å². The summed E-state index contributed by atoms with van der Waals surface area (Å²) >= 11 is 6.41. The van der Waals surface area contributed by atoms with Crippen molar-refractivity contribution < 1.29 is 8.42 Å². The number of nitrogens with two attached hydrogens (primary N) is 1. The van der Waals surface area contributed by atoms with Crippen LogP contribution in [0.1, 0.15) is 0 Å². The number of halogens is 2. The van der Waals surface area contributed by atoms with Crippen LogP contribution in [0.3, 0.4) is 0 Å². The number of nitrogens with zero attached hydrogens (tertiary/aromatic N) is 1. The SMILES string of the molecule is CN(C)NS(=O)(=O)c1c(N)cc(Br)cc1Br. The minimum absolute atomic E-state index is 0.0319. The van der Waals surface area contributed by atoms with Crippen LogP contribution >= 0.6 is 31.9 Å². The van der Waals surface area contributed by atoms with Crippen molar-refractivity contribution in [2.45, 2.75) is 4.90 Å². The Morgan fingerprint density at radius 2 is 1.88 bits per heavy atom. The molecular formula is C8H11Br2N3O2S. The quantitative estimate of drug-likeness (QED) is 0.623. The minimum Gasteiger partial charge on any atom is -0.398 e.